The number of para-hydroxylation sites is 2. The Bertz CT molecular complexity index is 3460. The van der Waals surface area contributed by atoms with Gasteiger partial charge in [-0.3, -0.25) is 0 Å². The molecule has 4 heterocycles. The zero-order chi connectivity index (χ0) is 43.7. The lowest BCUT2D eigenvalue weighted by atomic mass is 9.43. The van der Waals surface area contributed by atoms with Crippen molar-refractivity contribution < 1.29 is 0 Å². The summed E-state index contributed by atoms with van der Waals surface area (Å²) in [5.41, 5.74) is 22.1. The molecule has 0 spiro atoms. The van der Waals surface area contributed by atoms with Crippen molar-refractivity contribution in [3.63, 3.8) is 0 Å². The van der Waals surface area contributed by atoms with E-state index in [0.29, 0.717) is 0 Å². The fraction of sp³-hybridized carbons (Fsp3) is 0.254. The maximum atomic E-state index is 2.79. The Morgan fingerprint density at radius 2 is 1.11 bits per heavy atom. The third-order valence-electron chi connectivity index (χ3n) is 14.9. The lowest BCUT2D eigenvalue weighted by Gasteiger charge is -2.44. The van der Waals surface area contributed by atoms with Crippen LogP contribution in [0.3, 0.4) is 0 Å². The Balaban J connectivity index is 1.31. The fourth-order valence-electron chi connectivity index (χ4n) is 11.7. The quantitative estimate of drug-likeness (QED) is 0.158. The van der Waals surface area contributed by atoms with Crippen molar-refractivity contribution in [1.29, 1.82) is 0 Å². The standard InChI is InChI=1S/C59H56BN3/c1-56(2,3)35-25-27-39(28-26-35)62-49-34-37(58(7,8)9)31-43-44-32-36(57(4,5)6)33-45-50-48(30-29-41-40-21-16-18-24-47(40)61(54(41)50)38-19-13-12-14-20-38)63(53(44)45)60(51(43)49)52-42-22-15-17-23-46(42)59(10,11)55(52)62/h12-34H,1-11H3. The third-order valence-corrected chi connectivity index (χ3v) is 14.9. The van der Waals surface area contributed by atoms with E-state index in [4.69, 9.17) is 0 Å². The highest BCUT2D eigenvalue weighted by atomic mass is 15.2. The molecule has 0 saturated heterocycles. The first kappa shape index (κ1) is 38.4. The predicted octanol–water partition coefficient (Wildman–Crippen LogP) is 14.9. The third kappa shape index (κ3) is 5.15. The van der Waals surface area contributed by atoms with Crippen LogP contribution in [0, 0.1) is 0 Å². The number of aromatic nitrogens is 2. The summed E-state index contributed by atoms with van der Waals surface area (Å²) < 4.78 is 5.33. The Labute approximate surface area is 372 Å². The van der Waals surface area contributed by atoms with Gasteiger partial charge in [-0.2, -0.15) is 0 Å². The molecule has 0 saturated carbocycles. The molecule has 7 aromatic carbocycles. The van der Waals surface area contributed by atoms with Gasteiger partial charge in [0.25, 0.3) is 0 Å². The largest absolute Gasteiger partial charge is 0.375 e. The van der Waals surface area contributed by atoms with Crippen LogP contribution >= 0.6 is 0 Å². The SMILES string of the molecule is CC(C)(C)c1ccc(N2C3=C(B4c5c(cc(C(C)(C)C)cc52)-c2cc(C(C)(C)C)cc5c6c(ccc7c8ccccc8n(-c8ccccc8)c76)n4c25)c2ccccc2C3(C)C)cc1. The summed E-state index contributed by atoms with van der Waals surface area (Å²) >= 11 is 0. The van der Waals surface area contributed by atoms with Crippen LogP contribution in [0.25, 0.3) is 65.9 Å². The number of hydrogen-bond acceptors (Lipinski definition) is 1. The molecule has 3 aliphatic rings. The molecule has 2 aromatic heterocycles. The second-order valence-electron chi connectivity index (χ2n) is 22.3. The van der Waals surface area contributed by atoms with Gasteiger partial charge in [0, 0.05) is 66.3 Å². The summed E-state index contributed by atoms with van der Waals surface area (Å²) in [6, 6.07) is 53.9. The number of fused-ring (bicyclic) bond motifs is 12. The average Bonchev–Trinajstić information content (AvgIpc) is 3.85. The lowest BCUT2D eigenvalue weighted by molar-refractivity contribution is 0.588. The van der Waals surface area contributed by atoms with Gasteiger partial charge in [-0.25, -0.2) is 0 Å². The maximum absolute atomic E-state index is 2.79. The monoisotopic (exact) mass is 817 g/mol. The van der Waals surface area contributed by atoms with Gasteiger partial charge < -0.3 is 13.9 Å². The molecule has 0 atom stereocenters. The molecule has 0 amide bonds. The minimum Gasteiger partial charge on any atom is -0.375 e. The number of allylic oxidation sites excluding steroid dienone is 1. The van der Waals surface area contributed by atoms with E-state index in [-0.39, 0.29) is 28.5 Å². The normalized spacial score (nSPS) is 15.5. The van der Waals surface area contributed by atoms with Gasteiger partial charge >= 0.3 is 6.85 Å². The Kier molecular flexibility index (Phi) is 7.61. The van der Waals surface area contributed by atoms with E-state index in [1.807, 2.05) is 0 Å². The van der Waals surface area contributed by atoms with Crippen molar-refractivity contribution in [3.8, 4) is 16.8 Å². The maximum Gasteiger partial charge on any atom is 0.333 e. The van der Waals surface area contributed by atoms with Gasteiger partial charge in [-0.15, -0.1) is 0 Å². The van der Waals surface area contributed by atoms with Crippen molar-refractivity contribution in [1.82, 2.24) is 9.05 Å². The Morgan fingerprint density at radius 3 is 1.83 bits per heavy atom. The highest BCUT2D eigenvalue weighted by molar-refractivity contribution is 6.93. The molecule has 1 aliphatic carbocycles. The van der Waals surface area contributed by atoms with Crippen molar-refractivity contribution in [2.75, 3.05) is 4.90 Å². The first-order chi connectivity index (χ1) is 29.9. The molecule has 0 radical (unpaired) electrons. The fourth-order valence-corrected chi connectivity index (χ4v) is 11.7. The molecule has 310 valence electrons. The van der Waals surface area contributed by atoms with Crippen LogP contribution in [0.1, 0.15) is 104 Å². The summed E-state index contributed by atoms with van der Waals surface area (Å²) in [6.45, 7) is 26.1. The highest BCUT2D eigenvalue weighted by Crippen LogP contribution is 2.58. The first-order valence-corrected chi connectivity index (χ1v) is 23.0. The van der Waals surface area contributed by atoms with Crippen LogP contribution in [-0.2, 0) is 21.7 Å². The zero-order valence-corrected chi connectivity index (χ0v) is 38.7. The predicted molar refractivity (Wildman–Crippen MR) is 271 cm³/mol. The van der Waals surface area contributed by atoms with E-state index in [9.17, 15) is 0 Å². The molecule has 3 nitrogen and oxygen atoms in total. The Hall–Kier alpha value is -6.26. The number of hydrogen-bond donors (Lipinski definition) is 0. The molecule has 0 fully saturated rings. The van der Waals surface area contributed by atoms with Crippen LogP contribution in [0.5, 0.6) is 0 Å². The molecular weight excluding hydrogens is 761 g/mol. The van der Waals surface area contributed by atoms with Crippen LogP contribution in [0.15, 0.2) is 145 Å². The average molecular weight is 818 g/mol. The van der Waals surface area contributed by atoms with E-state index < -0.39 is 0 Å². The molecule has 12 rings (SSSR count). The highest BCUT2D eigenvalue weighted by Gasteiger charge is 2.53. The number of anilines is 2. The summed E-state index contributed by atoms with van der Waals surface area (Å²) in [6.07, 6.45) is 0. The van der Waals surface area contributed by atoms with Gasteiger partial charge in [0.1, 0.15) is 0 Å². The van der Waals surface area contributed by atoms with Crippen LogP contribution in [0.4, 0.5) is 11.4 Å². The lowest BCUT2D eigenvalue weighted by Crippen LogP contribution is -2.50. The number of benzene rings is 7. The van der Waals surface area contributed by atoms with Crippen molar-refractivity contribution >= 4 is 72.8 Å². The molecule has 0 N–H and O–H groups in total. The summed E-state index contributed by atoms with van der Waals surface area (Å²) in [7, 11) is 0. The smallest absolute Gasteiger partial charge is 0.333 e. The molecule has 2 aliphatic heterocycles. The van der Waals surface area contributed by atoms with Crippen LogP contribution in [0.2, 0.25) is 0 Å². The van der Waals surface area contributed by atoms with Gasteiger partial charge in [0.05, 0.1) is 11.0 Å². The van der Waals surface area contributed by atoms with Crippen molar-refractivity contribution in [2.24, 2.45) is 0 Å². The number of rotatable bonds is 2. The summed E-state index contributed by atoms with van der Waals surface area (Å²) in [4.78, 5) is 2.68. The van der Waals surface area contributed by atoms with Gasteiger partial charge in [0.15, 0.2) is 0 Å². The minimum absolute atomic E-state index is 0.0490. The number of nitrogens with zero attached hydrogens (tertiary/aromatic N) is 3. The molecule has 9 aromatic rings. The van der Waals surface area contributed by atoms with Crippen LogP contribution in [-0.4, -0.2) is 15.9 Å². The van der Waals surface area contributed by atoms with E-state index in [1.54, 1.807) is 0 Å². The zero-order valence-electron chi connectivity index (χ0n) is 38.7. The van der Waals surface area contributed by atoms with Gasteiger partial charge in [0.2, 0.25) is 0 Å². The van der Waals surface area contributed by atoms with Gasteiger partial charge in [-0.1, -0.05) is 161 Å². The topological polar surface area (TPSA) is 13.1 Å². The van der Waals surface area contributed by atoms with E-state index in [2.05, 4.69) is 230 Å². The Morgan fingerprint density at radius 1 is 0.476 bits per heavy atom. The van der Waals surface area contributed by atoms with Crippen molar-refractivity contribution in [2.45, 2.75) is 97.8 Å². The second-order valence-corrected chi connectivity index (χ2v) is 22.3. The minimum atomic E-state index is -0.268. The first-order valence-electron chi connectivity index (χ1n) is 23.0. The summed E-state index contributed by atoms with van der Waals surface area (Å²) in [5, 5.41) is 5.23. The second kappa shape index (κ2) is 12.5. The van der Waals surface area contributed by atoms with E-state index in [1.165, 1.54) is 116 Å². The van der Waals surface area contributed by atoms with Crippen LogP contribution < -0.4 is 10.4 Å². The molecule has 0 bridgehead atoms. The molecule has 4 heteroatoms. The molecule has 63 heavy (non-hydrogen) atoms. The molecule has 0 unspecified atom stereocenters. The molecular formula is C59H56BN3. The summed E-state index contributed by atoms with van der Waals surface area (Å²) in [5.74, 6) is 0. The van der Waals surface area contributed by atoms with E-state index in [0.717, 1.165) is 0 Å². The van der Waals surface area contributed by atoms with E-state index >= 15 is 0 Å². The van der Waals surface area contributed by atoms with Gasteiger partial charge in [-0.05, 0) is 115 Å². The van der Waals surface area contributed by atoms with Crippen molar-refractivity contribution in [3.05, 3.63) is 173 Å².